The van der Waals surface area contributed by atoms with E-state index in [1.165, 1.54) is 4.31 Å². The van der Waals surface area contributed by atoms with E-state index in [-0.39, 0.29) is 16.8 Å². The van der Waals surface area contributed by atoms with Crippen molar-refractivity contribution < 1.29 is 13.2 Å². The molecule has 5 nitrogen and oxygen atoms in total. The second-order valence-corrected chi connectivity index (χ2v) is 9.74. The van der Waals surface area contributed by atoms with Crippen LogP contribution in [0.5, 0.6) is 0 Å². The van der Waals surface area contributed by atoms with Crippen LogP contribution in [0.15, 0.2) is 45.8 Å². The van der Waals surface area contributed by atoms with Crippen LogP contribution in [-0.2, 0) is 27.7 Å². The van der Waals surface area contributed by atoms with Crippen LogP contribution in [-0.4, -0.2) is 26.9 Å². The van der Waals surface area contributed by atoms with Gasteiger partial charge < -0.3 is 4.90 Å². The van der Waals surface area contributed by atoms with Crippen molar-refractivity contribution in [3.05, 3.63) is 52.0 Å². The maximum Gasteiger partial charge on any atom is 0.266 e. The molecule has 4 rings (SSSR count). The molecule has 0 bridgehead atoms. The molecule has 0 spiro atoms. The van der Waals surface area contributed by atoms with Gasteiger partial charge in [-0.3, -0.25) is 9.10 Å². The fourth-order valence-corrected chi connectivity index (χ4v) is 6.73. The smallest absolute Gasteiger partial charge is 0.266 e. The number of sulfonamides is 1. The molecule has 1 atom stereocenters. The average Bonchev–Trinajstić information content (AvgIpc) is 3.20. The molecule has 0 radical (unpaired) electrons. The van der Waals surface area contributed by atoms with Crippen LogP contribution >= 0.6 is 15.9 Å². The predicted molar refractivity (Wildman–Crippen MR) is 110 cm³/mol. The quantitative estimate of drug-likeness (QED) is 0.715. The molecule has 0 aliphatic carbocycles. The lowest BCUT2D eigenvalue weighted by Crippen LogP contribution is -2.37. The lowest BCUT2D eigenvalue weighted by molar-refractivity contribution is -0.118. The van der Waals surface area contributed by atoms with E-state index in [4.69, 9.17) is 0 Å². The van der Waals surface area contributed by atoms with Gasteiger partial charge in [-0.25, -0.2) is 8.42 Å². The van der Waals surface area contributed by atoms with E-state index in [9.17, 15) is 13.2 Å². The number of amides is 1. The predicted octanol–water partition coefficient (Wildman–Crippen LogP) is 3.89. The summed E-state index contributed by atoms with van der Waals surface area (Å²) in [6.45, 7) is 4.24. The molecule has 0 unspecified atom stereocenters. The van der Waals surface area contributed by atoms with E-state index >= 15 is 0 Å². The summed E-state index contributed by atoms with van der Waals surface area (Å²) in [6.07, 6.45) is 1.69. The highest BCUT2D eigenvalue weighted by molar-refractivity contribution is 9.10. The second kappa shape index (κ2) is 6.63. The van der Waals surface area contributed by atoms with Gasteiger partial charge in [0.2, 0.25) is 5.91 Å². The summed E-state index contributed by atoms with van der Waals surface area (Å²) in [7, 11) is -3.81. The Hall–Kier alpha value is -1.86. The third kappa shape index (κ3) is 2.88. The van der Waals surface area contributed by atoms with Gasteiger partial charge in [0.15, 0.2) is 0 Å². The SMILES string of the molecule is CCC(=O)N1CCc2cc(Br)cc(S(=O)(=O)N3c4ccccc4C[C@H]3C)c21. The topological polar surface area (TPSA) is 57.7 Å². The van der Waals surface area contributed by atoms with Crippen LogP contribution in [0, 0.1) is 0 Å². The van der Waals surface area contributed by atoms with Crippen molar-refractivity contribution in [3.8, 4) is 0 Å². The molecule has 27 heavy (non-hydrogen) atoms. The number of anilines is 2. The number of fused-ring (bicyclic) bond motifs is 2. The summed E-state index contributed by atoms with van der Waals surface area (Å²) in [5, 5.41) is 0. The van der Waals surface area contributed by atoms with Crippen LogP contribution in [0.2, 0.25) is 0 Å². The Labute approximate surface area is 168 Å². The van der Waals surface area contributed by atoms with Crippen LogP contribution in [0.25, 0.3) is 0 Å². The summed E-state index contributed by atoms with van der Waals surface area (Å²) >= 11 is 3.45. The molecule has 0 N–H and O–H groups in total. The minimum Gasteiger partial charge on any atom is -0.310 e. The molecule has 0 aromatic heterocycles. The number of carbonyl (C=O) groups is 1. The van der Waals surface area contributed by atoms with Crippen molar-refractivity contribution in [2.75, 3.05) is 15.7 Å². The van der Waals surface area contributed by atoms with Gasteiger partial charge in [0.05, 0.1) is 11.4 Å². The van der Waals surface area contributed by atoms with E-state index in [0.29, 0.717) is 36.0 Å². The summed E-state index contributed by atoms with van der Waals surface area (Å²) < 4.78 is 29.7. The molecule has 2 aromatic carbocycles. The lowest BCUT2D eigenvalue weighted by Gasteiger charge is -2.27. The second-order valence-electron chi connectivity index (χ2n) is 7.04. The van der Waals surface area contributed by atoms with Crippen molar-refractivity contribution >= 4 is 43.2 Å². The molecule has 0 saturated heterocycles. The van der Waals surface area contributed by atoms with Gasteiger partial charge in [0.25, 0.3) is 10.0 Å². The van der Waals surface area contributed by atoms with Gasteiger partial charge >= 0.3 is 0 Å². The largest absolute Gasteiger partial charge is 0.310 e. The van der Waals surface area contributed by atoms with Gasteiger partial charge in [-0.1, -0.05) is 41.1 Å². The Kier molecular flexibility index (Phi) is 4.55. The molecule has 7 heteroatoms. The van der Waals surface area contributed by atoms with Crippen LogP contribution in [0.1, 0.15) is 31.4 Å². The van der Waals surface area contributed by atoms with Gasteiger partial charge in [-0.2, -0.15) is 0 Å². The van der Waals surface area contributed by atoms with Gasteiger partial charge in [0, 0.05) is 23.5 Å². The average molecular weight is 449 g/mol. The molecular formula is C20H21BrN2O3S. The Morgan fingerprint density at radius 3 is 2.70 bits per heavy atom. The molecule has 2 aromatic rings. The van der Waals surface area contributed by atoms with Crippen molar-refractivity contribution in [1.29, 1.82) is 0 Å². The van der Waals surface area contributed by atoms with Crippen molar-refractivity contribution in [2.45, 2.75) is 44.0 Å². The number of halogens is 1. The Morgan fingerprint density at radius 1 is 1.22 bits per heavy atom. The van der Waals surface area contributed by atoms with Crippen molar-refractivity contribution in [1.82, 2.24) is 0 Å². The third-order valence-corrected chi connectivity index (χ3v) is 7.68. The third-order valence-electron chi connectivity index (χ3n) is 5.28. The zero-order valence-corrected chi connectivity index (χ0v) is 17.7. The summed E-state index contributed by atoms with van der Waals surface area (Å²) in [6, 6.07) is 11.0. The number of hydrogen-bond acceptors (Lipinski definition) is 3. The highest BCUT2D eigenvalue weighted by Crippen LogP contribution is 2.43. The normalized spacial score (nSPS) is 18.6. The fourth-order valence-electron chi connectivity index (χ4n) is 4.12. The van der Waals surface area contributed by atoms with E-state index in [1.807, 2.05) is 37.3 Å². The summed E-state index contributed by atoms with van der Waals surface area (Å²) in [5.74, 6) is -0.0533. The maximum atomic E-state index is 13.7. The van der Waals surface area contributed by atoms with E-state index in [0.717, 1.165) is 16.8 Å². The highest BCUT2D eigenvalue weighted by Gasteiger charge is 2.40. The molecule has 2 aliphatic rings. The van der Waals surface area contributed by atoms with Crippen molar-refractivity contribution in [3.63, 3.8) is 0 Å². The number of nitrogens with zero attached hydrogens (tertiary/aromatic N) is 2. The molecule has 1 amide bonds. The molecule has 0 fully saturated rings. The first-order chi connectivity index (χ1) is 12.8. The molecule has 0 saturated carbocycles. The van der Waals surface area contributed by atoms with Gasteiger partial charge in [-0.15, -0.1) is 0 Å². The highest BCUT2D eigenvalue weighted by atomic mass is 79.9. The molecule has 2 heterocycles. The van der Waals surface area contributed by atoms with Crippen molar-refractivity contribution in [2.24, 2.45) is 0 Å². The lowest BCUT2D eigenvalue weighted by atomic mass is 10.1. The molecular weight excluding hydrogens is 428 g/mol. The van der Waals surface area contributed by atoms with Crippen LogP contribution < -0.4 is 9.21 Å². The van der Waals surface area contributed by atoms with E-state index in [2.05, 4.69) is 15.9 Å². The summed E-state index contributed by atoms with van der Waals surface area (Å²) in [4.78, 5) is 14.3. The van der Waals surface area contributed by atoms with Gasteiger partial charge in [0.1, 0.15) is 4.90 Å². The number of carbonyl (C=O) groups excluding carboxylic acids is 1. The zero-order chi connectivity index (χ0) is 19.3. The first-order valence-corrected chi connectivity index (χ1v) is 11.3. The standard InChI is InChI=1S/C20H21BrN2O3S/c1-3-19(24)22-9-8-15-11-16(21)12-18(20(15)22)27(25,26)23-13(2)10-14-6-4-5-7-17(14)23/h4-7,11-13H,3,8-10H2,1-2H3/t13-/m1/s1. The monoisotopic (exact) mass is 448 g/mol. The molecule has 2 aliphatic heterocycles. The number of hydrogen-bond donors (Lipinski definition) is 0. The maximum absolute atomic E-state index is 13.7. The zero-order valence-electron chi connectivity index (χ0n) is 15.3. The Morgan fingerprint density at radius 2 is 1.96 bits per heavy atom. The first kappa shape index (κ1) is 18.5. The Balaban J connectivity index is 1.90. The summed E-state index contributed by atoms with van der Waals surface area (Å²) in [5.41, 5.74) is 3.19. The Bertz CT molecular complexity index is 1040. The minimum absolute atomic E-state index is 0.0533. The van der Waals surface area contributed by atoms with E-state index < -0.39 is 10.0 Å². The number of benzene rings is 2. The number of para-hydroxylation sites is 1. The fraction of sp³-hybridized carbons (Fsp3) is 0.350. The molecule has 142 valence electrons. The van der Waals surface area contributed by atoms with Crippen LogP contribution in [0.3, 0.4) is 0 Å². The minimum atomic E-state index is -3.81. The van der Waals surface area contributed by atoms with E-state index in [1.54, 1.807) is 17.9 Å². The van der Waals surface area contributed by atoms with Crippen LogP contribution in [0.4, 0.5) is 11.4 Å². The first-order valence-electron chi connectivity index (χ1n) is 9.09. The number of rotatable bonds is 3. The van der Waals surface area contributed by atoms with Gasteiger partial charge in [-0.05, 0) is 49.1 Å².